The molecule has 0 atom stereocenters. The predicted molar refractivity (Wildman–Crippen MR) is 98.9 cm³/mol. The molecule has 7 nitrogen and oxygen atoms in total. The van der Waals surface area contributed by atoms with Crippen LogP contribution in [0.25, 0.3) is 0 Å². The Morgan fingerprint density at radius 2 is 1.67 bits per heavy atom. The maximum Gasteiger partial charge on any atom is 0.214 e. The fraction of sp³-hybridized carbons (Fsp3) is 0.938. The number of nitrogens with one attached hydrogen (secondary N) is 2. The number of likely N-dealkylation sites (tertiary alicyclic amines) is 1. The molecule has 2 heterocycles. The maximum absolute atomic E-state index is 11.7. The molecule has 140 valence electrons. The van der Waals surface area contributed by atoms with E-state index in [1.165, 1.54) is 38.8 Å². The Bertz CT molecular complexity index is 487. The number of hydrogen-bond donors (Lipinski definition) is 2. The average Bonchev–Trinajstić information content (AvgIpc) is 2.77. The lowest BCUT2D eigenvalue weighted by molar-refractivity contribution is 0.282. The van der Waals surface area contributed by atoms with Gasteiger partial charge in [0.25, 0.3) is 0 Å². The van der Waals surface area contributed by atoms with Crippen LogP contribution in [0.2, 0.25) is 0 Å². The first-order chi connectivity index (χ1) is 11.6. The zero-order chi connectivity index (χ0) is 17.3. The molecule has 0 saturated carbocycles. The van der Waals surface area contributed by atoms with Gasteiger partial charge >= 0.3 is 0 Å². The molecule has 0 aromatic carbocycles. The van der Waals surface area contributed by atoms with Crippen molar-refractivity contribution in [2.45, 2.75) is 38.5 Å². The monoisotopic (exact) mass is 359 g/mol. The molecule has 2 rings (SSSR count). The van der Waals surface area contributed by atoms with E-state index in [0.29, 0.717) is 19.6 Å². The van der Waals surface area contributed by atoms with Crippen LogP contribution in [0.4, 0.5) is 0 Å². The fourth-order valence-electron chi connectivity index (χ4n) is 3.33. The molecule has 0 amide bonds. The molecule has 2 aliphatic rings. The number of rotatable bonds is 7. The van der Waals surface area contributed by atoms with Crippen molar-refractivity contribution in [1.82, 2.24) is 19.8 Å². The lowest BCUT2D eigenvalue weighted by atomic mass is 10.2. The van der Waals surface area contributed by atoms with Gasteiger partial charge in [-0.05, 0) is 45.3 Å². The van der Waals surface area contributed by atoms with Crippen LogP contribution in [-0.4, -0.2) is 82.2 Å². The minimum atomic E-state index is -3.00. The molecule has 0 aromatic heterocycles. The second-order valence-electron chi connectivity index (χ2n) is 6.60. The summed E-state index contributed by atoms with van der Waals surface area (Å²) in [5.74, 6) is 1.04. The molecule has 0 spiro atoms. The third-order valence-corrected chi connectivity index (χ3v) is 6.68. The molecular formula is C16H33N5O2S. The van der Waals surface area contributed by atoms with Gasteiger partial charge in [-0.1, -0.05) is 12.8 Å². The van der Waals surface area contributed by atoms with Crippen molar-refractivity contribution in [2.75, 3.05) is 58.6 Å². The van der Waals surface area contributed by atoms with E-state index in [9.17, 15) is 8.42 Å². The van der Waals surface area contributed by atoms with Crippen LogP contribution in [0.5, 0.6) is 0 Å². The first-order valence-corrected chi connectivity index (χ1v) is 10.9. The number of hydrogen-bond acceptors (Lipinski definition) is 4. The topological polar surface area (TPSA) is 77.0 Å². The fourth-order valence-corrected chi connectivity index (χ4v) is 4.86. The molecule has 0 bridgehead atoms. The van der Waals surface area contributed by atoms with Crippen molar-refractivity contribution in [3.05, 3.63) is 0 Å². The van der Waals surface area contributed by atoms with E-state index in [1.807, 2.05) is 0 Å². The van der Waals surface area contributed by atoms with Gasteiger partial charge in [0.2, 0.25) is 10.0 Å². The first kappa shape index (κ1) is 19.5. The van der Waals surface area contributed by atoms with Crippen LogP contribution in [0, 0.1) is 0 Å². The van der Waals surface area contributed by atoms with Crippen molar-refractivity contribution < 1.29 is 8.42 Å². The van der Waals surface area contributed by atoms with Gasteiger partial charge in [0, 0.05) is 33.2 Å². The van der Waals surface area contributed by atoms with E-state index in [2.05, 4.69) is 20.5 Å². The summed E-state index contributed by atoms with van der Waals surface area (Å²) in [5.41, 5.74) is 0. The van der Waals surface area contributed by atoms with E-state index < -0.39 is 10.0 Å². The summed E-state index contributed by atoms with van der Waals surface area (Å²) >= 11 is 0. The number of aliphatic imine (C=N–C) groups is 1. The molecule has 24 heavy (non-hydrogen) atoms. The molecule has 2 N–H and O–H groups in total. The van der Waals surface area contributed by atoms with E-state index >= 15 is 0 Å². The smallest absolute Gasteiger partial charge is 0.214 e. The standard InChI is InChI=1S/C16H33N5O2S/c1-17-16(19-9-14-21-13-7-15-24(21,22)23)18-8-6-12-20-10-4-2-3-5-11-20/h2-15H2,1H3,(H2,17,18,19). The van der Waals surface area contributed by atoms with E-state index in [4.69, 9.17) is 0 Å². The van der Waals surface area contributed by atoms with Crippen LogP contribution < -0.4 is 10.6 Å². The zero-order valence-corrected chi connectivity index (χ0v) is 15.8. The van der Waals surface area contributed by atoms with Gasteiger partial charge in [0.15, 0.2) is 5.96 Å². The predicted octanol–water partition coefficient (Wildman–Crippen LogP) is 0.453. The molecule has 2 fully saturated rings. The molecule has 0 radical (unpaired) electrons. The summed E-state index contributed by atoms with van der Waals surface area (Å²) in [7, 11) is -1.25. The molecule has 0 aromatic rings. The second kappa shape index (κ2) is 10.2. The summed E-state index contributed by atoms with van der Waals surface area (Å²) < 4.78 is 25.0. The van der Waals surface area contributed by atoms with Crippen LogP contribution in [0.3, 0.4) is 0 Å². The Kier molecular flexibility index (Phi) is 8.28. The van der Waals surface area contributed by atoms with Crippen molar-refractivity contribution in [1.29, 1.82) is 0 Å². The number of nitrogens with zero attached hydrogens (tertiary/aromatic N) is 3. The van der Waals surface area contributed by atoms with Gasteiger partial charge < -0.3 is 15.5 Å². The van der Waals surface area contributed by atoms with Crippen molar-refractivity contribution in [3.8, 4) is 0 Å². The van der Waals surface area contributed by atoms with Crippen LogP contribution in [-0.2, 0) is 10.0 Å². The quantitative estimate of drug-likeness (QED) is 0.392. The summed E-state index contributed by atoms with van der Waals surface area (Å²) in [6, 6.07) is 0. The Hall–Kier alpha value is -0.860. The normalized spacial score (nSPS) is 23.1. The van der Waals surface area contributed by atoms with E-state index in [1.54, 1.807) is 11.4 Å². The lowest BCUT2D eigenvalue weighted by Crippen LogP contribution is -2.42. The molecular weight excluding hydrogens is 326 g/mol. The van der Waals surface area contributed by atoms with Crippen LogP contribution in [0.1, 0.15) is 38.5 Å². The van der Waals surface area contributed by atoms with E-state index in [-0.39, 0.29) is 5.75 Å². The molecule has 2 saturated heterocycles. The summed E-state index contributed by atoms with van der Waals surface area (Å²) in [6.07, 6.45) is 7.25. The Morgan fingerprint density at radius 3 is 2.29 bits per heavy atom. The highest BCUT2D eigenvalue weighted by molar-refractivity contribution is 7.89. The van der Waals surface area contributed by atoms with Crippen molar-refractivity contribution in [3.63, 3.8) is 0 Å². The highest BCUT2D eigenvalue weighted by Gasteiger charge is 2.27. The van der Waals surface area contributed by atoms with Crippen molar-refractivity contribution in [2.24, 2.45) is 4.99 Å². The van der Waals surface area contributed by atoms with Crippen LogP contribution >= 0.6 is 0 Å². The summed E-state index contributed by atoms with van der Waals surface area (Å²) in [6.45, 7) is 6.23. The second-order valence-corrected chi connectivity index (χ2v) is 8.69. The Morgan fingerprint density at radius 1 is 0.958 bits per heavy atom. The van der Waals surface area contributed by atoms with Crippen LogP contribution in [0.15, 0.2) is 4.99 Å². The van der Waals surface area contributed by atoms with Gasteiger partial charge in [-0.3, -0.25) is 4.99 Å². The lowest BCUT2D eigenvalue weighted by Gasteiger charge is -2.20. The van der Waals surface area contributed by atoms with Gasteiger partial charge in [-0.25, -0.2) is 12.7 Å². The van der Waals surface area contributed by atoms with E-state index in [0.717, 1.165) is 31.9 Å². The molecule has 2 aliphatic heterocycles. The third-order valence-electron chi connectivity index (χ3n) is 4.72. The SMILES string of the molecule is CN=C(NCCCN1CCCCCC1)NCCN1CCCS1(=O)=O. The highest BCUT2D eigenvalue weighted by Crippen LogP contribution is 2.11. The number of sulfonamides is 1. The third kappa shape index (κ3) is 6.57. The summed E-state index contributed by atoms with van der Waals surface area (Å²) in [4.78, 5) is 6.76. The highest BCUT2D eigenvalue weighted by atomic mass is 32.2. The first-order valence-electron chi connectivity index (χ1n) is 9.26. The van der Waals surface area contributed by atoms with Gasteiger partial charge in [-0.2, -0.15) is 0 Å². The largest absolute Gasteiger partial charge is 0.356 e. The van der Waals surface area contributed by atoms with Gasteiger partial charge in [0.1, 0.15) is 0 Å². The molecule has 8 heteroatoms. The van der Waals surface area contributed by atoms with Gasteiger partial charge in [0.05, 0.1) is 5.75 Å². The van der Waals surface area contributed by atoms with Crippen molar-refractivity contribution >= 4 is 16.0 Å². The zero-order valence-electron chi connectivity index (χ0n) is 15.0. The maximum atomic E-state index is 11.7. The molecule has 0 unspecified atom stereocenters. The average molecular weight is 360 g/mol. The van der Waals surface area contributed by atoms with Gasteiger partial charge in [-0.15, -0.1) is 0 Å². The minimum absolute atomic E-state index is 0.288. The molecule has 0 aliphatic carbocycles. The summed E-state index contributed by atoms with van der Waals surface area (Å²) in [5, 5.41) is 6.52. The number of guanidine groups is 1. The minimum Gasteiger partial charge on any atom is -0.356 e. The Labute approximate surface area is 146 Å². The Balaban J connectivity index is 1.57.